The van der Waals surface area contributed by atoms with Gasteiger partial charge in [-0.1, -0.05) is 336 Å². The Balaban J connectivity index is 1.93. The summed E-state index contributed by atoms with van der Waals surface area (Å²) in [4.78, 5) is 66.5. The molecule has 117 heavy (non-hydrogen) atoms. The van der Waals surface area contributed by atoms with Gasteiger partial charge in [0, 0.05) is 25.7 Å². The smallest absolute Gasteiger partial charge is 0.463 e. The summed E-state index contributed by atoms with van der Waals surface area (Å²) in [7, 11) is -5.81. The Labute approximate surface area is 705 Å². The Kier molecular flexibility index (Phi) is 63.5. The fourth-order valence-corrected chi connectivity index (χ4v) is 16.8. The number of aliphatic hydroxyl groups is 9. The lowest BCUT2D eigenvalue weighted by molar-refractivity contribution is -0.360. The molecular weight excluding hydrogens is 1520 g/mol. The molecule has 20 atom stereocenters. The quantitative estimate of drug-likeness (QED) is 0.00889. The standard InChI is InChI=1S/C91H169O25P/c1-7-11-15-19-23-25-27-29-31-33-35-45-54-62-75(94)108-68-73-79(98)81(100)85(104)91(112-73)115-88-86(113-77(96)64-56-47-36-34-32-30-28-26-24-20-16-12-8-2)82(101)83(102)87(114-90-84(103)80(99)78(97)72(65-92)111-90)89(88)116-117(105,106)109-67-71(110-76(95)63-55-48-40-38-44-52-60-70(6)58-50-42-22-18-14-10-4)66-107-74(93)61-53-46-39-37-43-51-59-69(5)57-49-41-21-17-13-9-3/h30,32,69-73,78-92,97-104H,7-29,31,33-68H2,1-6H3,(H,105,106)/b32-30-. The van der Waals surface area contributed by atoms with E-state index in [1.165, 1.54) is 173 Å². The monoisotopic (exact) mass is 1690 g/mol. The predicted molar refractivity (Wildman–Crippen MR) is 453 cm³/mol. The summed E-state index contributed by atoms with van der Waals surface area (Å²) < 4.78 is 73.5. The molecule has 0 aromatic rings. The SMILES string of the molecule is CCCCCCCC/C=C\CCCCCC(=O)OC1C(O)C(O)C(OC2OC(CO)C(O)C(O)C2O)C(OP(=O)(O)OCC(COC(=O)CCCCCCCCC(C)CCCCCCCC)OC(=O)CCCCCCCCC(C)CCCCCCCC)C1OC1OC(COC(=O)CCCCCCCCCCCCCCC)C(O)C(O)C1O. The Hall–Kier alpha value is -2.79. The Bertz CT molecular complexity index is 2520. The molecule has 0 aromatic carbocycles. The van der Waals surface area contributed by atoms with Crippen molar-refractivity contribution in [1.82, 2.24) is 0 Å². The first-order chi connectivity index (χ1) is 56.5. The van der Waals surface area contributed by atoms with Crippen LogP contribution in [0.4, 0.5) is 0 Å². The maximum Gasteiger partial charge on any atom is 0.472 e. The number of hydrogen-bond donors (Lipinski definition) is 10. The number of aliphatic hydroxyl groups excluding tert-OH is 9. The van der Waals surface area contributed by atoms with Crippen molar-refractivity contribution in [2.24, 2.45) is 11.8 Å². The zero-order chi connectivity index (χ0) is 85.7. The van der Waals surface area contributed by atoms with Crippen LogP contribution in [0, 0.1) is 11.8 Å². The summed E-state index contributed by atoms with van der Waals surface area (Å²) in [5.74, 6) is -1.62. The molecule has 3 rings (SSSR count). The topological polar surface area (TPSA) is 380 Å². The number of phosphoric ester groups is 1. The minimum Gasteiger partial charge on any atom is -0.463 e. The molecule has 688 valence electrons. The number of carbonyl (C=O) groups is 4. The first-order valence-corrected chi connectivity index (χ1v) is 48.7. The zero-order valence-electron chi connectivity index (χ0n) is 73.6. The molecule has 3 aliphatic rings. The molecule has 20 unspecified atom stereocenters. The molecule has 1 saturated carbocycles. The van der Waals surface area contributed by atoms with E-state index in [1.807, 2.05) is 0 Å². The van der Waals surface area contributed by atoms with Gasteiger partial charge in [-0.25, -0.2) is 4.57 Å². The summed E-state index contributed by atoms with van der Waals surface area (Å²) in [5.41, 5.74) is 0. The van der Waals surface area contributed by atoms with E-state index in [-0.39, 0.29) is 32.1 Å². The van der Waals surface area contributed by atoms with Crippen LogP contribution in [0.25, 0.3) is 0 Å². The number of carbonyl (C=O) groups excluding carboxylic acids is 4. The second-order valence-electron chi connectivity index (χ2n) is 34.4. The molecule has 0 bridgehead atoms. The van der Waals surface area contributed by atoms with Gasteiger partial charge in [0.15, 0.2) is 24.8 Å². The highest BCUT2D eigenvalue weighted by Crippen LogP contribution is 2.49. The van der Waals surface area contributed by atoms with E-state index >= 15 is 0 Å². The van der Waals surface area contributed by atoms with Gasteiger partial charge in [-0.15, -0.1) is 0 Å². The minimum absolute atomic E-state index is 0.0160. The number of rotatable bonds is 75. The summed E-state index contributed by atoms with van der Waals surface area (Å²) in [6.45, 7) is 10.2. The van der Waals surface area contributed by atoms with Gasteiger partial charge in [-0.3, -0.25) is 28.2 Å². The second kappa shape index (κ2) is 68.5. The largest absolute Gasteiger partial charge is 0.472 e. The fraction of sp³-hybridized carbons (Fsp3) is 0.934. The summed E-state index contributed by atoms with van der Waals surface area (Å²) in [6.07, 6.45) is 23.7. The van der Waals surface area contributed by atoms with Crippen molar-refractivity contribution in [2.75, 3.05) is 26.4 Å². The van der Waals surface area contributed by atoms with Gasteiger partial charge in [0.05, 0.1) is 13.2 Å². The highest BCUT2D eigenvalue weighted by atomic mass is 31.2. The Morgan fingerprint density at radius 1 is 0.359 bits per heavy atom. The van der Waals surface area contributed by atoms with E-state index in [4.69, 9.17) is 46.9 Å². The van der Waals surface area contributed by atoms with E-state index in [0.29, 0.717) is 43.9 Å². The molecule has 2 heterocycles. The van der Waals surface area contributed by atoms with E-state index in [1.54, 1.807) is 0 Å². The summed E-state index contributed by atoms with van der Waals surface area (Å²) >= 11 is 0. The predicted octanol–water partition coefficient (Wildman–Crippen LogP) is 17.3. The van der Waals surface area contributed by atoms with Crippen LogP contribution < -0.4 is 0 Å². The summed E-state index contributed by atoms with van der Waals surface area (Å²) in [6, 6.07) is 0. The van der Waals surface area contributed by atoms with Crippen LogP contribution in [0.3, 0.4) is 0 Å². The van der Waals surface area contributed by atoms with Gasteiger partial charge in [-0.2, -0.15) is 0 Å². The van der Waals surface area contributed by atoms with Crippen LogP contribution in [0.15, 0.2) is 12.2 Å². The van der Waals surface area contributed by atoms with Crippen LogP contribution in [-0.2, 0) is 70.7 Å². The maximum absolute atomic E-state index is 14.9. The van der Waals surface area contributed by atoms with Gasteiger partial charge in [0.2, 0.25) is 0 Å². The Morgan fingerprint density at radius 3 is 1.11 bits per heavy atom. The molecule has 25 nitrogen and oxygen atoms in total. The lowest BCUT2D eigenvalue weighted by Gasteiger charge is -2.50. The minimum atomic E-state index is -5.81. The molecule has 3 fully saturated rings. The van der Waals surface area contributed by atoms with Crippen molar-refractivity contribution in [2.45, 2.75) is 505 Å². The van der Waals surface area contributed by atoms with Crippen LogP contribution in [0.5, 0.6) is 0 Å². The highest BCUT2D eigenvalue weighted by molar-refractivity contribution is 7.47. The molecule has 2 saturated heterocycles. The third-order valence-electron chi connectivity index (χ3n) is 23.6. The molecule has 0 aromatic heterocycles. The van der Waals surface area contributed by atoms with Crippen LogP contribution >= 0.6 is 7.82 Å². The van der Waals surface area contributed by atoms with Gasteiger partial charge in [0.25, 0.3) is 0 Å². The van der Waals surface area contributed by atoms with Crippen LogP contribution in [-0.4, -0.2) is 205 Å². The number of ether oxygens (including phenoxy) is 8. The Morgan fingerprint density at radius 2 is 0.692 bits per heavy atom. The zero-order valence-corrected chi connectivity index (χ0v) is 74.5. The lowest BCUT2D eigenvalue weighted by Crippen LogP contribution is -2.70. The molecule has 26 heteroatoms. The number of phosphoric acid groups is 1. The highest BCUT2D eigenvalue weighted by Gasteiger charge is 2.60. The molecule has 2 aliphatic heterocycles. The third kappa shape index (κ3) is 49.5. The van der Waals surface area contributed by atoms with Gasteiger partial charge >= 0.3 is 31.7 Å². The van der Waals surface area contributed by atoms with Crippen molar-refractivity contribution in [3.05, 3.63) is 12.2 Å². The van der Waals surface area contributed by atoms with E-state index in [9.17, 15) is 74.6 Å². The van der Waals surface area contributed by atoms with Crippen molar-refractivity contribution in [3.63, 3.8) is 0 Å². The van der Waals surface area contributed by atoms with Crippen molar-refractivity contribution < 1.29 is 122 Å². The van der Waals surface area contributed by atoms with E-state index in [0.717, 1.165) is 122 Å². The van der Waals surface area contributed by atoms with Crippen molar-refractivity contribution in [3.8, 4) is 0 Å². The van der Waals surface area contributed by atoms with Crippen LogP contribution in [0.2, 0.25) is 0 Å². The number of unbranched alkanes of at least 4 members (excludes halogenated alkanes) is 41. The normalized spacial score (nSPS) is 25.6. The van der Waals surface area contributed by atoms with E-state index < -0.39 is 162 Å². The number of hydrogen-bond acceptors (Lipinski definition) is 24. The van der Waals surface area contributed by atoms with E-state index in [2.05, 4.69) is 53.7 Å². The van der Waals surface area contributed by atoms with Gasteiger partial charge in [0.1, 0.15) is 92.6 Å². The number of allylic oxidation sites excluding steroid dienone is 2. The first-order valence-electron chi connectivity index (χ1n) is 47.2. The molecule has 10 N–H and O–H groups in total. The molecular formula is C91H169O25P. The fourth-order valence-electron chi connectivity index (χ4n) is 15.9. The van der Waals surface area contributed by atoms with Crippen molar-refractivity contribution in [1.29, 1.82) is 0 Å². The second-order valence-corrected chi connectivity index (χ2v) is 35.8. The van der Waals surface area contributed by atoms with Gasteiger partial charge in [-0.05, 0) is 63.2 Å². The average Bonchev–Trinajstić information content (AvgIpc) is 0.754. The molecule has 0 radical (unpaired) electrons. The third-order valence-corrected chi connectivity index (χ3v) is 24.5. The number of esters is 4. The van der Waals surface area contributed by atoms with Gasteiger partial charge < -0.3 is 88.7 Å². The first kappa shape index (κ1) is 108. The average molecular weight is 1690 g/mol. The summed E-state index contributed by atoms with van der Waals surface area (Å²) in [5, 5.41) is 102. The maximum atomic E-state index is 14.9. The van der Waals surface area contributed by atoms with Crippen molar-refractivity contribution >= 4 is 31.7 Å². The van der Waals surface area contributed by atoms with Crippen LogP contribution in [0.1, 0.15) is 401 Å². The lowest BCUT2D eigenvalue weighted by atomic mass is 9.84. The molecule has 1 aliphatic carbocycles. The molecule has 0 spiro atoms. The molecule has 0 amide bonds.